The molecular weight excluding hydrogens is 442 g/mol. The first-order valence-electron chi connectivity index (χ1n) is 11.2. The second-order valence-electron chi connectivity index (χ2n) is 8.18. The van der Waals surface area contributed by atoms with Gasteiger partial charge in [-0.1, -0.05) is 18.2 Å². The van der Waals surface area contributed by atoms with Gasteiger partial charge in [-0.05, 0) is 63.6 Å². The molecule has 4 rings (SSSR count). The molecule has 0 aliphatic carbocycles. The van der Waals surface area contributed by atoms with Crippen molar-refractivity contribution < 1.29 is 27.4 Å². The molecule has 1 unspecified atom stereocenters. The Morgan fingerprint density at radius 1 is 1.06 bits per heavy atom. The lowest BCUT2D eigenvalue weighted by Crippen LogP contribution is -2.49. The van der Waals surface area contributed by atoms with Crippen LogP contribution < -0.4 is 4.74 Å². The SMILES string of the molecule is CCOC(OCC)C1(C)C=C(N2CCCC2=O)c2cc(S(=O)(=O)c3ccccc3)ccc2O1. The second-order valence-corrected chi connectivity index (χ2v) is 10.1. The minimum Gasteiger partial charge on any atom is -0.477 e. The Labute approximate surface area is 194 Å². The molecule has 2 aliphatic heterocycles. The standard InChI is InChI=1S/C25H29NO6S/c1-4-30-24(31-5-2)25(3)17-21(26-15-9-12-23(26)27)20-16-19(13-14-22(20)32-25)33(28,29)18-10-7-6-8-11-18/h6-8,10-11,13-14,16-17,24H,4-5,9,12,15H2,1-3H3. The van der Waals surface area contributed by atoms with Crippen LogP contribution in [-0.2, 0) is 24.1 Å². The van der Waals surface area contributed by atoms with E-state index in [0.29, 0.717) is 43.2 Å². The molecule has 7 nitrogen and oxygen atoms in total. The van der Waals surface area contributed by atoms with Crippen LogP contribution in [-0.4, -0.2) is 50.9 Å². The van der Waals surface area contributed by atoms with E-state index in [2.05, 4.69) is 0 Å². The van der Waals surface area contributed by atoms with Crippen LogP contribution in [0.15, 0.2) is 64.4 Å². The van der Waals surface area contributed by atoms with Crippen molar-refractivity contribution in [2.24, 2.45) is 0 Å². The summed E-state index contributed by atoms with van der Waals surface area (Å²) in [4.78, 5) is 14.7. The fourth-order valence-corrected chi connectivity index (χ4v) is 5.55. The molecule has 0 saturated carbocycles. The summed E-state index contributed by atoms with van der Waals surface area (Å²) >= 11 is 0. The van der Waals surface area contributed by atoms with Gasteiger partial charge in [-0.3, -0.25) is 4.79 Å². The smallest absolute Gasteiger partial charge is 0.227 e. The number of nitrogens with zero attached hydrogens (tertiary/aromatic N) is 1. The van der Waals surface area contributed by atoms with Gasteiger partial charge in [0.05, 0.1) is 15.5 Å². The third kappa shape index (κ3) is 4.43. The van der Waals surface area contributed by atoms with Gasteiger partial charge in [-0.25, -0.2) is 8.42 Å². The lowest BCUT2D eigenvalue weighted by molar-refractivity contribution is -0.204. The summed E-state index contributed by atoms with van der Waals surface area (Å²) in [5.41, 5.74) is 0.180. The van der Waals surface area contributed by atoms with Crippen LogP contribution in [0.4, 0.5) is 0 Å². The highest BCUT2D eigenvalue weighted by Gasteiger charge is 2.43. The molecule has 0 radical (unpaired) electrons. The Kier molecular flexibility index (Phi) is 6.61. The average molecular weight is 472 g/mol. The molecule has 2 heterocycles. The Hall–Kier alpha value is -2.68. The number of rotatable bonds is 8. The number of sulfone groups is 1. The third-order valence-corrected chi connectivity index (χ3v) is 7.58. The van der Waals surface area contributed by atoms with Gasteiger partial charge < -0.3 is 19.1 Å². The molecule has 176 valence electrons. The second kappa shape index (κ2) is 9.29. The normalized spacial score (nSPS) is 20.5. The van der Waals surface area contributed by atoms with Crippen LogP contribution in [0.5, 0.6) is 5.75 Å². The number of ether oxygens (including phenoxy) is 3. The predicted molar refractivity (Wildman–Crippen MR) is 123 cm³/mol. The molecule has 0 bridgehead atoms. The van der Waals surface area contributed by atoms with E-state index < -0.39 is 21.7 Å². The summed E-state index contributed by atoms with van der Waals surface area (Å²) in [7, 11) is -3.73. The number of carbonyl (C=O) groups excluding carboxylic acids is 1. The number of amides is 1. The van der Waals surface area contributed by atoms with Gasteiger partial charge in [0.1, 0.15) is 5.75 Å². The number of hydrogen-bond acceptors (Lipinski definition) is 6. The largest absolute Gasteiger partial charge is 0.477 e. The van der Waals surface area contributed by atoms with Crippen LogP contribution >= 0.6 is 0 Å². The highest BCUT2D eigenvalue weighted by molar-refractivity contribution is 7.91. The summed E-state index contributed by atoms with van der Waals surface area (Å²) < 4.78 is 44.4. The quantitative estimate of drug-likeness (QED) is 0.541. The van der Waals surface area contributed by atoms with Crippen molar-refractivity contribution in [3.63, 3.8) is 0 Å². The first-order valence-corrected chi connectivity index (χ1v) is 12.7. The summed E-state index contributed by atoms with van der Waals surface area (Å²) in [5.74, 6) is 0.475. The van der Waals surface area contributed by atoms with E-state index in [1.165, 1.54) is 6.07 Å². The number of hydrogen-bond donors (Lipinski definition) is 0. The molecule has 2 aromatic rings. The topological polar surface area (TPSA) is 82.1 Å². The maximum absolute atomic E-state index is 13.2. The van der Waals surface area contributed by atoms with Crippen LogP contribution in [0.1, 0.15) is 39.2 Å². The summed E-state index contributed by atoms with van der Waals surface area (Å²) in [6.07, 6.45) is 2.33. The van der Waals surface area contributed by atoms with Crippen molar-refractivity contribution in [1.29, 1.82) is 0 Å². The number of fused-ring (bicyclic) bond motifs is 1. The Morgan fingerprint density at radius 3 is 2.36 bits per heavy atom. The van der Waals surface area contributed by atoms with Gasteiger partial charge in [0.25, 0.3) is 0 Å². The van der Waals surface area contributed by atoms with Gasteiger partial charge in [-0.2, -0.15) is 0 Å². The fraction of sp³-hybridized carbons (Fsp3) is 0.400. The summed E-state index contributed by atoms with van der Waals surface area (Å²) in [6, 6.07) is 13.1. The first-order chi connectivity index (χ1) is 15.8. The zero-order valence-electron chi connectivity index (χ0n) is 19.1. The molecule has 33 heavy (non-hydrogen) atoms. The molecule has 0 aromatic heterocycles. The number of carbonyl (C=O) groups is 1. The van der Waals surface area contributed by atoms with Gasteiger partial charge >= 0.3 is 0 Å². The maximum Gasteiger partial charge on any atom is 0.227 e. The lowest BCUT2D eigenvalue weighted by atomic mass is 9.96. The maximum atomic E-state index is 13.2. The van der Waals surface area contributed by atoms with Crippen LogP contribution in [0, 0.1) is 0 Å². The van der Waals surface area contributed by atoms with Crippen molar-refractivity contribution in [2.75, 3.05) is 19.8 Å². The van der Waals surface area contributed by atoms with E-state index in [9.17, 15) is 13.2 Å². The van der Waals surface area contributed by atoms with Crippen LogP contribution in [0.2, 0.25) is 0 Å². The predicted octanol–water partition coefficient (Wildman–Crippen LogP) is 4.03. The minimum atomic E-state index is -3.73. The van der Waals surface area contributed by atoms with Crippen molar-refractivity contribution in [2.45, 2.75) is 55.3 Å². The first kappa shape index (κ1) is 23.5. The van der Waals surface area contributed by atoms with Crippen molar-refractivity contribution >= 4 is 21.4 Å². The molecule has 8 heteroatoms. The average Bonchev–Trinajstić information content (AvgIpc) is 3.24. The minimum absolute atomic E-state index is 0.00265. The van der Waals surface area contributed by atoms with Gasteiger partial charge in [0, 0.05) is 31.7 Å². The molecule has 1 atom stereocenters. The van der Waals surface area contributed by atoms with Crippen LogP contribution in [0.3, 0.4) is 0 Å². The zero-order valence-corrected chi connectivity index (χ0v) is 19.9. The number of likely N-dealkylation sites (tertiary alicyclic amines) is 1. The highest BCUT2D eigenvalue weighted by atomic mass is 32.2. The molecule has 0 N–H and O–H groups in total. The molecule has 0 spiro atoms. The van der Waals surface area contributed by atoms with Crippen molar-refractivity contribution in [3.05, 3.63) is 60.2 Å². The van der Waals surface area contributed by atoms with E-state index in [-0.39, 0.29) is 15.7 Å². The van der Waals surface area contributed by atoms with Crippen LogP contribution in [0.25, 0.3) is 5.70 Å². The van der Waals surface area contributed by atoms with Crippen molar-refractivity contribution in [3.8, 4) is 5.75 Å². The molecule has 1 saturated heterocycles. The Morgan fingerprint density at radius 2 is 1.76 bits per heavy atom. The van der Waals surface area contributed by atoms with E-state index in [4.69, 9.17) is 14.2 Å². The molecular formula is C25H29NO6S. The molecule has 2 aliphatic rings. The van der Waals surface area contributed by atoms with Gasteiger partial charge in [0.2, 0.25) is 22.0 Å². The lowest BCUT2D eigenvalue weighted by Gasteiger charge is -2.40. The summed E-state index contributed by atoms with van der Waals surface area (Å²) in [6.45, 7) is 7.01. The summed E-state index contributed by atoms with van der Waals surface area (Å²) in [5, 5.41) is 0. The number of benzene rings is 2. The fourth-order valence-electron chi connectivity index (χ4n) is 4.24. The van der Waals surface area contributed by atoms with E-state index >= 15 is 0 Å². The third-order valence-electron chi connectivity index (χ3n) is 5.81. The van der Waals surface area contributed by atoms with E-state index in [0.717, 1.165) is 6.42 Å². The van der Waals surface area contributed by atoms with E-state index in [1.807, 2.05) is 26.8 Å². The molecule has 1 amide bonds. The van der Waals surface area contributed by atoms with Gasteiger partial charge in [-0.15, -0.1) is 0 Å². The zero-order chi connectivity index (χ0) is 23.6. The Bertz CT molecular complexity index is 1150. The Balaban J connectivity index is 1.83. The molecule has 1 fully saturated rings. The molecule has 2 aromatic carbocycles. The highest BCUT2D eigenvalue weighted by Crippen LogP contribution is 2.42. The van der Waals surface area contributed by atoms with Crippen molar-refractivity contribution in [1.82, 2.24) is 4.90 Å². The monoisotopic (exact) mass is 471 g/mol. The van der Waals surface area contributed by atoms with Gasteiger partial charge in [0.15, 0.2) is 5.60 Å². The van der Waals surface area contributed by atoms with E-state index in [1.54, 1.807) is 47.4 Å².